The standard InChI is InChI=1S/C12H15N3OS2/c1-8-4-5-10(16-3)9(6-8)7-17-12-15-14-11(13-2)18-12/h4-6H,7H2,1-3H3,(H,13,14). The van der Waals surface area contributed by atoms with Crippen molar-refractivity contribution in [2.24, 2.45) is 0 Å². The van der Waals surface area contributed by atoms with Crippen LogP contribution in [0.3, 0.4) is 0 Å². The summed E-state index contributed by atoms with van der Waals surface area (Å²) in [6.45, 7) is 2.08. The lowest BCUT2D eigenvalue weighted by Crippen LogP contribution is -1.91. The molecule has 96 valence electrons. The second kappa shape index (κ2) is 6.06. The molecule has 2 aromatic rings. The summed E-state index contributed by atoms with van der Waals surface area (Å²) in [4.78, 5) is 0. The van der Waals surface area contributed by atoms with Crippen LogP contribution in [0.4, 0.5) is 5.13 Å². The molecule has 0 bridgehead atoms. The summed E-state index contributed by atoms with van der Waals surface area (Å²) in [6.07, 6.45) is 0. The van der Waals surface area contributed by atoms with Crippen molar-refractivity contribution in [3.8, 4) is 5.75 Å². The summed E-state index contributed by atoms with van der Waals surface area (Å²) in [5.41, 5.74) is 2.42. The number of rotatable bonds is 5. The van der Waals surface area contributed by atoms with Gasteiger partial charge in [0.05, 0.1) is 7.11 Å². The van der Waals surface area contributed by atoms with Crippen LogP contribution in [0, 0.1) is 6.92 Å². The third-order valence-corrected chi connectivity index (χ3v) is 4.53. The van der Waals surface area contributed by atoms with Gasteiger partial charge in [0.2, 0.25) is 5.13 Å². The van der Waals surface area contributed by atoms with E-state index in [2.05, 4.69) is 34.6 Å². The summed E-state index contributed by atoms with van der Waals surface area (Å²) in [6, 6.07) is 6.20. The fourth-order valence-electron chi connectivity index (χ4n) is 1.53. The third kappa shape index (κ3) is 3.14. The zero-order valence-corrected chi connectivity index (χ0v) is 12.2. The summed E-state index contributed by atoms with van der Waals surface area (Å²) >= 11 is 3.23. The molecule has 2 rings (SSSR count). The van der Waals surface area contributed by atoms with Gasteiger partial charge in [-0.1, -0.05) is 40.8 Å². The average molecular weight is 281 g/mol. The number of anilines is 1. The van der Waals surface area contributed by atoms with E-state index < -0.39 is 0 Å². The second-order valence-electron chi connectivity index (χ2n) is 3.73. The minimum Gasteiger partial charge on any atom is -0.496 e. The van der Waals surface area contributed by atoms with Crippen LogP contribution < -0.4 is 10.1 Å². The van der Waals surface area contributed by atoms with E-state index in [1.165, 1.54) is 11.1 Å². The van der Waals surface area contributed by atoms with Gasteiger partial charge in [0.15, 0.2) is 4.34 Å². The zero-order valence-electron chi connectivity index (χ0n) is 10.6. The number of ether oxygens (including phenoxy) is 1. The van der Waals surface area contributed by atoms with Crippen LogP contribution in [0.1, 0.15) is 11.1 Å². The first-order chi connectivity index (χ1) is 8.72. The Labute approximate surface area is 115 Å². The molecule has 0 aliphatic carbocycles. The molecule has 0 unspecified atom stereocenters. The first-order valence-electron chi connectivity index (χ1n) is 5.50. The van der Waals surface area contributed by atoms with Gasteiger partial charge in [-0.25, -0.2) is 0 Å². The van der Waals surface area contributed by atoms with Crippen molar-refractivity contribution in [2.45, 2.75) is 17.0 Å². The van der Waals surface area contributed by atoms with Crippen molar-refractivity contribution in [2.75, 3.05) is 19.5 Å². The third-order valence-electron chi connectivity index (χ3n) is 2.41. The fourth-order valence-corrected chi connectivity index (χ4v) is 3.21. The first-order valence-corrected chi connectivity index (χ1v) is 7.30. The van der Waals surface area contributed by atoms with Gasteiger partial charge in [0, 0.05) is 18.4 Å². The lowest BCUT2D eigenvalue weighted by Gasteiger charge is -2.08. The molecule has 0 aliphatic rings. The van der Waals surface area contributed by atoms with Crippen molar-refractivity contribution in [1.82, 2.24) is 10.2 Å². The van der Waals surface area contributed by atoms with E-state index in [9.17, 15) is 0 Å². The second-order valence-corrected chi connectivity index (χ2v) is 5.93. The van der Waals surface area contributed by atoms with Crippen LogP contribution in [-0.2, 0) is 5.75 Å². The Morgan fingerprint density at radius 1 is 1.39 bits per heavy atom. The predicted octanol–water partition coefficient (Wildman–Crippen LogP) is 3.19. The Hall–Kier alpha value is -1.27. The number of methoxy groups -OCH3 is 1. The van der Waals surface area contributed by atoms with E-state index in [0.29, 0.717) is 0 Å². The molecule has 1 aromatic heterocycles. The Morgan fingerprint density at radius 3 is 2.89 bits per heavy atom. The molecule has 18 heavy (non-hydrogen) atoms. The molecule has 4 nitrogen and oxygen atoms in total. The quantitative estimate of drug-likeness (QED) is 0.853. The number of hydrogen-bond acceptors (Lipinski definition) is 6. The first kappa shape index (κ1) is 13.2. The van der Waals surface area contributed by atoms with E-state index >= 15 is 0 Å². The topological polar surface area (TPSA) is 47.0 Å². The van der Waals surface area contributed by atoms with E-state index in [-0.39, 0.29) is 0 Å². The van der Waals surface area contributed by atoms with Crippen molar-refractivity contribution in [1.29, 1.82) is 0 Å². The maximum atomic E-state index is 5.36. The van der Waals surface area contributed by atoms with E-state index in [1.807, 2.05) is 13.1 Å². The van der Waals surface area contributed by atoms with Gasteiger partial charge in [-0.2, -0.15) is 0 Å². The average Bonchev–Trinajstić information content (AvgIpc) is 2.84. The highest BCUT2D eigenvalue weighted by Gasteiger charge is 2.07. The predicted molar refractivity (Wildman–Crippen MR) is 76.7 cm³/mol. The van der Waals surface area contributed by atoms with Crippen LogP contribution in [0.5, 0.6) is 5.75 Å². The van der Waals surface area contributed by atoms with E-state index in [4.69, 9.17) is 4.74 Å². The molecule has 0 spiro atoms. The lowest BCUT2D eigenvalue weighted by atomic mass is 10.1. The molecule has 0 amide bonds. The Bertz CT molecular complexity index is 528. The maximum Gasteiger partial charge on any atom is 0.206 e. The Morgan fingerprint density at radius 2 is 2.22 bits per heavy atom. The SMILES string of the molecule is CNc1nnc(SCc2cc(C)ccc2OC)s1. The number of hydrogen-bond donors (Lipinski definition) is 1. The van der Waals surface area contributed by atoms with Crippen LogP contribution in [-0.4, -0.2) is 24.4 Å². The number of thioether (sulfide) groups is 1. The van der Waals surface area contributed by atoms with E-state index in [1.54, 1.807) is 30.2 Å². The van der Waals surface area contributed by atoms with Gasteiger partial charge in [0.1, 0.15) is 5.75 Å². The highest BCUT2D eigenvalue weighted by Crippen LogP contribution is 2.31. The summed E-state index contributed by atoms with van der Waals surface area (Å²) in [5, 5.41) is 11.9. The Kier molecular flexibility index (Phi) is 4.43. The summed E-state index contributed by atoms with van der Waals surface area (Å²) in [7, 11) is 3.54. The molecule has 1 aromatic carbocycles. The molecule has 0 fully saturated rings. The smallest absolute Gasteiger partial charge is 0.206 e. The number of benzene rings is 1. The normalized spacial score (nSPS) is 10.4. The van der Waals surface area contributed by atoms with Crippen LogP contribution >= 0.6 is 23.1 Å². The van der Waals surface area contributed by atoms with E-state index in [0.717, 1.165) is 21.0 Å². The molecule has 0 atom stereocenters. The van der Waals surface area contributed by atoms with Crippen molar-refractivity contribution in [3.05, 3.63) is 29.3 Å². The molecule has 0 radical (unpaired) electrons. The molecular weight excluding hydrogens is 266 g/mol. The van der Waals surface area contributed by atoms with Crippen LogP contribution in [0.15, 0.2) is 22.5 Å². The molecule has 0 aliphatic heterocycles. The molecule has 6 heteroatoms. The summed E-state index contributed by atoms with van der Waals surface area (Å²) in [5.74, 6) is 1.76. The zero-order chi connectivity index (χ0) is 13.0. The minimum atomic E-state index is 0.837. The number of nitrogens with zero attached hydrogens (tertiary/aromatic N) is 2. The monoisotopic (exact) mass is 281 g/mol. The van der Waals surface area contributed by atoms with Crippen molar-refractivity contribution < 1.29 is 4.74 Å². The Balaban J connectivity index is 2.07. The van der Waals surface area contributed by atoms with Crippen molar-refractivity contribution in [3.63, 3.8) is 0 Å². The highest BCUT2D eigenvalue weighted by atomic mass is 32.2. The summed E-state index contributed by atoms with van der Waals surface area (Å²) < 4.78 is 6.32. The molecule has 1 N–H and O–H groups in total. The van der Waals surface area contributed by atoms with Gasteiger partial charge in [-0.05, 0) is 13.0 Å². The molecule has 1 heterocycles. The lowest BCUT2D eigenvalue weighted by molar-refractivity contribution is 0.411. The largest absolute Gasteiger partial charge is 0.496 e. The highest BCUT2D eigenvalue weighted by molar-refractivity contribution is 8.00. The van der Waals surface area contributed by atoms with Crippen molar-refractivity contribution >= 4 is 28.2 Å². The maximum absolute atomic E-state index is 5.36. The molecular formula is C12H15N3OS2. The van der Waals surface area contributed by atoms with Crippen LogP contribution in [0.25, 0.3) is 0 Å². The number of aryl methyl sites for hydroxylation is 1. The molecule has 0 saturated carbocycles. The van der Waals surface area contributed by atoms with Gasteiger partial charge in [-0.15, -0.1) is 10.2 Å². The molecule has 0 saturated heterocycles. The van der Waals surface area contributed by atoms with Gasteiger partial charge < -0.3 is 10.1 Å². The van der Waals surface area contributed by atoms with Gasteiger partial charge in [-0.3, -0.25) is 0 Å². The van der Waals surface area contributed by atoms with Crippen LogP contribution in [0.2, 0.25) is 0 Å². The fraction of sp³-hybridized carbons (Fsp3) is 0.333. The van der Waals surface area contributed by atoms with Gasteiger partial charge in [0.25, 0.3) is 0 Å². The minimum absolute atomic E-state index is 0.837. The number of nitrogens with one attached hydrogen (secondary N) is 1. The number of aromatic nitrogens is 2. The van der Waals surface area contributed by atoms with Gasteiger partial charge >= 0.3 is 0 Å².